The van der Waals surface area contributed by atoms with Crippen LogP contribution in [0.2, 0.25) is 0 Å². The summed E-state index contributed by atoms with van der Waals surface area (Å²) in [4.78, 5) is 34.2. The molecule has 0 spiro atoms. The molecular formula is C23H37N5O2. The van der Waals surface area contributed by atoms with Gasteiger partial charge >= 0.3 is 0 Å². The van der Waals surface area contributed by atoms with E-state index >= 15 is 0 Å². The lowest BCUT2D eigenvalue weighted by molar-refractivity contribution is -0.121. The topological polar surface area (TPSA) is 77.6 Å². The Kier molecular flexibility index (Phi) is 7.83. The SMILES string of the molecule is CN(C)C1CCC(C(=O)Nc2cccc(NC(=O)C3CCC(N(C)C)CC3)n2)CC1. The number of hydrogen-bond acceptors (Lipinski definition) is 5. The van der Waals surface area contributed by atoms with Gasteiger partial charge in [0.15, 0.2) is 0 Å². The molecule has 2 N–H and O–H groups in total. The fraction of sp³-hybridized carbons (Fsp3) is 0.696. The van der Waals surface area contributed by atoms with Crippen LogP contribution in [-0.4, -0.2) is 66.9 Å². The van der Waals surface area contributed by atoms with Gasteiger partial charge in [-0.3, -0.25) is 9.59 Å². The van der Waals surface area contributed by atoms with Crippen LogP contribution >= 0.6 is 0 Å². The number of pyridine rings is 1. The van der Waals surface area contributed by atoms with Crippen molar-refractivity contribution in [2.75, 3.05) is 38.8 Å². The number of nitrogens with zero attached hydrogens (tertiary/aromatic N) is 3. The molecule has 7 heteroatoms. The fourth-order valence-corrected chi connectivity index (χ4v) is 4.74. The number of nitrogens with one attached hydrogen (secondary N) is 2. The van der Waals surface area contributed by atoms with E-state index in [1.54, 1.807) is 12.1 Å². The molecule has 1 aromatic heterocycles. The highest BCUT2D eigenvalue weighted by Gasteiger charge is 2.28. The number of rotatable bonds is 6. The van der Waals surface area contributed by atoms with Gasteiger partial charge in [-0.05, 0) is 91.7 Å². The van der Waals surface area contributed by atoms with Crippen LogP contribution in [-0.2, 0) is 9.59 Å². The zero-order chi connectivity index (χ0) is 21.7. The summed E-state index contributed by atoms with van der Waals surface area (Å²) in [5.41, 5.74) is 0. The summed E-state index contributed by atoms with van der Waals surface area (Å²) in [6.45, 7) is 0. The molecule has 166 valence electrons. The maximum absolute atomic E-state index is 12.7. The van der Waals surface area contributed by atoms with Crippen molar-refractivity contribution in [2.24, 2.45) is 11.8 Å². The zero-order valence-electron chi connectivity index (χ0n) is 18.9. The number of hydrogen-bond donors (Lipinski definition) is 2. The van der Waals surface area contributed by atoms with Crippen molar-refractivity contribution in [1.82, 2.24) is 14.8 Å². The van der Waals surface area contributed by atoms with Crippen molar-refractivity contribution in [2.45, 2.75) is 63.5 Å². The summed E-state index contributed by atoms with van der Waals surface area (Å²) in [5.74, 6) is 1.14. The van der Waals surface area contributed by atoms with Gasteiger partial charge in [-0.1, -0.05) is 6.07 Å². The Morgan fingerprint density at radius 1 is 0.733 bits per heavy atom. The zero-order valence-corrected chi connectivity index (χ0v) is 18.9. The quantitative estimate of drug-likeness (QED) is 0.746. The van der Waals surface area contributed by atoms with Crippen LogP contribution in [0.15, 0.2) is 18.2 Å². The third-order valence-electron chi connectivity index (χ3n) is 6.85. The first kappa shape index (κ1) is 22.7. The van der Waals surface area contributed by atoms with Crippen molar-refractivity contribution < 1.29 is 9.59 Å². The number of carbonyl (C=O) groups excluding carboxylic acids is 2. The smallest absolute Gasteiger partial charge is 0.228 e. The Hall–Kier alpha value is -1.99. The lowest BCUT2D eigenvalue weighted by atomic mass is 9.85. The van der Waals surface area contributed by atoms with Gasteiger partial charge in [0.2, 0.25) is 11.8 Å². The molecule has 0 aliphatic heterocycles. The summed E-state index contributed by atoms with van der Waals surface area (Å²) in [5, 5.41) is 5.89. The minimum absolute atomic E-state index is 0.0326. The monoisotopic (exact) mass is 415 g/mol. The second-order valence-electron chi connectivity index (χ2n) is 9.32. The molecule has 0 atom stereocenters. The van der Waals surface area contributed by atoms with E-state index in [2.05, 4.69) is 53.6 Å². The predicted molar refractivity (Wildman–Crippen MR) is 120 cm³/mol. The van der Waals surface area contributed by atoms with Gasteiger partial charge in [-0.15, -0.1) is 0 Å². The Bertz CT molecular complexity index is 663. The van der Waals surface area contributed by atoms with Crippen LogP contribution in [0.3, 0.4) is 0 Å². The van der Waals surface area contributed by atoms with Crippen molar-refractivity contribution in [3.63, 3.8) is 0 Å². The minimum Gasteiger partial charge on any atom is -0.310 e. The van der Waals surface area contributed by atoms with Gasteiger partial charge in [-0.25, -0.2) is 4.98 Å². The Morgan fingerprint density at radius 3 is 1.43 bits per heavy atom. The lowest BCUT2D eigenvalue weighted by Gasteiger charge is -2.32. The normalized spacial score (nSPS) is 27.1. The summed E-state index contributed by atoms with van der Waals surface area (Å²) < 4.78 is 0. The van der Waals surface area contributed by atoms with E-state index in [0.29, 0.717) is 23.7 Å². The van der Waals surface area contributed by atoms with E-state index in [9.17, 15) is 9.59 Å². The molecule has 0 bridgehead atoms. The predicted octanol–water partition coefficient (Wildman–Crippen LogP) is 3.20. The first-order chi connectivity index (χ1) is 14.3. The van der Waals surface area contributed by atoms with E-state index in [-0.39, 0.29) is 23.7 Å². The summed E-state index contributed by atoms with van der Waals surface area (Å²) >= 11 is 0. The van der Waals surface area contributed by atoms with E-state index < -0.39 is 0 Å². The van der Waals surface area contributed by atoms with Crippen LogP contribution in [0.5, 0.6) is 0 Å². The maximum Gasteiger partial charge on any atom is 0.228 e. The number of anilines is 2. The molecule has 0 aromatic carbocycles. The minimum atomic E-state index is 0.0326. The largest absolute Gasteiger partial charge is 0.310 e. The standard InChI is InChI=1S/C23H37N5O2/c1-27(2)18-12-8-16(9-13-18)22(29)25-20-6-5-7-21(24-20)26-23(30)17-10-14-19(15-11-17)28(3)4/h5-7,16-19H,8-15H2,1-4H3,(H2,24,25,26,29,30). The van der Waals surface area contributed by atoms with Crippen LogP contribution in [0.4, 0.5) is 11.6 Å². The highest BCUT2D eigenvalue weighted by Crippen LogP contribution is 2.29. The van der Waals surface area contributed by atoms with Crippen LogP contribution in [0.1, 0.15) is 51.4 Å². The molecule has 2 aliphatic rings. The van der Waals surface area contributed by atoms with Crippen LogP contribution in [0, 0.1) is 11.8 Å². The third kappa shape index (κ3) is 6.01. The molecule has 1 aromatic rings. The maximum atomic E-state index is 12.7. The molecule has 2 amide bonds. The number of amides is 2. The molecule has 0 radical (unpaired) electrons. The first-order valence-corrected chi connectivity index (χ1v) is 11.2. The number of aromatic nitrogens is 1. The highest BCUT2D eigenvalue weighted by molar-refractivity contribution is 5.93. The molecule has 0 unspecified atom stereocenters. The van der Waals surface area contributed by atoms with Gasteiger partial charge in [0.1, 0.15) is 11.6 Å². The third-order valence-corrected chi connectivity index (χ3v) is 6.85. The Balaban J connectivity index is 1.50. The molecular weight excluding hydrogens is 378 g/mol. The lowest BCUT2D eigenvalue weighted by Crippen LogP contribution is -2.36. The van der Waals surface area contributed by atoms with Gasteiger partial charge in [0, 0.05) is 23.9 Å². The van der Waals surface area contributed by atoms with E-state index in [0.717, 1.165) is 51.4 Å². The average molecular weight is 416 g/mol. The van der Waals surface area contributed by atoms with Gasteiger partial charge in [0.05, 0.1) is 0 Å². The van der Waals surface area contributed by atoms with E-state index in [4.69, 9.17) is 0 Å². The molecule has 7 nitrogen and oxygen atoms in total. The van der Waals surface area contributed by atoms with Gasteiger partial charge < -0.3 is 20.4 Å². The van der Waals surface area contributed by atoms with Gasteiger partial charge in [0.25, 0.3) is 0 Å². The Morgan fingerprint density at radius 2 is 1.10 bits per heavy atom. The van der Waals surface area contributed by atoms with Crippen molar-refractivity contribution in [3.05, 3.63) is 18.2 Å². The van der Waals surface area contributed by atoms with Crippen molar-refractivity contribution in [3.8, 4) is 0 Å². The van der Waals surface area contributed by atoms with Crippen LogP contribution in [0.25, 0.3) is 0 Å². The van der Waals surface area contributed by atoms with E-state index in [1.165, 1.54) is 0 Å². The summed E-state index contributed by atoms with van der Waals surface area (Å²) in [6, 6.07) is 6.52. The molecule has 30 heavy (non-hydrogen) atoms. The molecule has 0 saturated heterocycles. The van der Waals surface area contributed by atoms with Crippen molar-refractivity contribution >= 4 is 23.5 Å². The molecule has 3 rings (SSSR count). The summed E-state index contributed by atoms with van der Waals surface area (Å²) in [7, 11) is 8.40. The number of carbonyl (C=O) groups is 2. The first-order valence-electron chi connectivity index (χ1n) is 11.2. The second-order valence-corrected chi connectivity index (χ2v) is 9.32. The molecule has 1 heterocycles. The van der Waals surface area contributed by atoms with Crippen LogP contribution < -0.4 is 10.6 Å². The van der Waals surface area contributed by atoms with Gasteiger partial charge in [-0.2, -0.15) is 0 Å². The fourth-order valence-electron chi connectivity index (χ4n) is 4.74. The molecule has 2 fully saturated rings. The van der Waals surface area contributed by atoms with E-state index in [1.807, 2.05) is 6.07 Å². The highest BCUT2D eigenvalue weighted by atomic mass is 16.2. The van der Waals surface area contributed by atoms with Crippen molar-refractivity contribution in [1.29, 1.82) is 0 Å². The Labute approximate surface area is 180 Å². The average Bonchev–Trinajstić information content (AvgIpc) is 2.74. The molecule has 2 saturated carbocycles. The summed E-state index contributed by atoms with van der Waals surface area (Å²) in [6.07, 6.45) is 7.80. The second kappa shape index (κ2) is 10.4. The molecule has 2 aliphatic carbocycles.